The minimum Gasteiger partial charge on any atom is -0.497 e. The van der Waals surface area contributed by atoms with Gasteiger partial charge in [-0.15, -0.1) is 0 Å². The molecule has 15 heteroatoms. The largest absolute Gasteiger partial charge is 0.497 e. The van der Waals surface area contributed by atoms with E-state index in [1.54, 1.807) is 46.1 Å². The molecule has 57 heavy (non-hydrogen) atoms. The summed E-state index contributed by atoms with van der Waals surface area (Å²) in [6.45, 7) is 8.13. The van der Waals surface area contributed by atoms with Gasteiger partial charge in [-0.2, -0.15) is 0 Å². The number of ether oxygens (including phenoxy) is 4. The third-order valence-electron chi connectivity index (χ3n) is 12.2. The molecule has 3 fully saturated rings. The summed E-state index contributed by atoms with van der Waals surface area (Å²) in [6, 6.07) is 4.28. The van der Waals surface area contributed by atoms with Crippen LogP contribution in [0.4, 0.5) is 4.39 Å². The van der Waals surface area contributed by atoms with E-state index in [1.165, 1.54) is 18.2 Å². The molecule has 0 bridgehead atoms. The lowest BCUT2D eigenvalue weighted by molar-refractivity contribution is -0.159. The van der Waals surface area contributed by atoms with E-state index in [1.807, 2.05) is 26.0 Å². The molecule has 0 radical (unpaired) electrons. The summed E-state index contributed by atoms with van der Waals surface area (Å²) in [5.74, 6) is -2.27. The summed E-state index contributed by atoms with van der Waals surface area (Å²) >= 11 is 0. The van der Waals surface area contributed by atoms with Crippen LogP contribution in [-0.2, 0) is 33.9 Å². The van der Waals surface area contributed by atoms with Crippen molar-refractivity contribution in [3.63, 3.8) is 0 Å². The highest BCUT2D eigenvalue weighted by Gasteiger charge is 2.63. The predicted octanol–water partition coefficient (Wildman–Crippen LogP) is 5.87. The number of sulfonamides is 1. The van der Waals surface area contributed by atoms with Crippen molar-refractivity contribution in [1.82, 2.24) is 14.6 Å². The fourth-order valence-corrected chi connectivity index (χ4v) is 9.79. The van der Waals surface area contributed by atoms with Gasteiger partial charge in [-0.25, -0.2) is 17.8 Å². The first-order valence-corrected chi connectivity index (χ1v) is 21.4. The summed E-state index contributed by atoms with van der Waals surface area (Å²) in [5.41, 5.74) is -2.18. The maximum Gasteiger partial charge on any atom is 0.307 e. The fourth-order valence-electron chi connectivity index (χ4n) is 8.34. The van der Waals surface area contributed by atoms with Crippen molar-refractivity contribution < 1.29 is 50.9 Å². The van der Waals surface area contributed by atoms with Gasteiger partial charge in [0.15, 0.2) is 5.78 Å². The van der Waals surface area contributed by atoms with Crippen LogP contribution in [-0.4, -0.2) is 91.8 Å². The van der Waals surface area contributed by atoms with Crippen LogP contribution in [0.2, 0.25) is 0 Å². The lowest BCUT2D eigenvalue weighted by atomic mass is 9.84. The SMILES string of the molecule is COc1ccc2c(O[C@@H]3C[C@H]4C(=O)C[C@]5(C(=O)NS(=O)(=O)C6(CF)CC6)C[C@H]5/C=C\[C@H](C)CCC[C@@H](C)[C@H](CC(=O)OC(C)(C)C)C(=O)N4C3)ncc(OC)c2c1. The molecule has 2 aromatic rings. The molecular formula is C42H56FN3O10S. The number of hydrogen-bond donors (Lipinski definition) is 1. The highest BCUT2D eigenvalue weighted by atomic mass is 32.2. The van der Waals surface area contributed by atoms with E-state index in [0.717, 1.165) is 12.8 Å². The van der Waals surface area contributed by atoms with Gasteiger partial charge in [-0.05, 0) is 88.8 Å². The van der Waals surface area contributed by atoms with E-state index in [2.05, 4.69) is 9.71 Å². The molecular weight excluding hydrogens is 758 g/mol. The van der Waals surface area contributed by atoms with Gasteiger partial charge in [0.05, 0.1) is 50.8 Å². The number of halogens is 1. The van der Waals surface area contributed by atoms with Crippen molar-refractivity contribution in [1.29, 1.82) is 0 Å². The summed E-state index contributed by atoms with van der Waals surface area (Å²) in [7, 11) is -1.27. The Labute approximate surface area is 334 Å². The van der Waals surface area contributed by atoms with Gasteiger partial charge in [0, 0.05) is 23.6 Å². The molecule has 1 aromatic heterocycles. The number of aromatic nitrogens is 1. The third-order valence-corrected chi connectivity index (χ3v) is 14.3. The number of benzene rings is 1. The van der Waals surface area contributed by atoms with Gasteiger partial charge in [0.25, 0.3) is 0 Å². The Hall–Kier alpha value is -4.27. The number of Topliss-reactive ketones (excluding diaryl/α,β-unsaturated/α-hetero) is 1. The van der Waals surface area contributed by atoms with Crippen LogP contribution in [0.15, 0.2) is 36.5 Å². The monoisotopic (exact) mass is 813 g/mol. The van der Waals surface area contributed by atoms with Crippen LogP contribution in [0, 0.1) is 29.1 Å². The Morgan fingerprint density at radius 2 is 1.79 bits per heavy atom. The molecule has 0 unspecified atom stereocenters. The molecule has 1 N–H and O–H groups in total. The average Bonchev–Trinajstić information content (AvgIpc) is 4.06. The highest BCUT2D eigenvalue weighted by molar-refractivity contribution is 7.91. The molecule has 4 aliphatic rings. The van der Waals surface area contributed by atoms with E-state index < -0.39 is 80.0 Å². The first-order chi connectivity index (χ1) is 26.9. The molecule has 13 nitrogen and oxygen atoms in total. The van der Waals surface area contributed by atoms with Crippen LogP contribution < -0.4 is 18.9 Å². The lowest BCUT2D eigenvalue weighted by Crippen LogP contribution is -2.48. The number of allylic oxidation sites excluding steroid dienone is 2. The van der Waals surface area contributed by atoms with E-state index in [9.17, 15) is 32.0 Å². The van der Waals surface area contributed by atoms with E-state index in [4.69, 9.17) is 18.9 Å². The predicted molar refractivity (Wildman–Crippen MR) is 210 cm³/mol. The quantitative estimate of drug-likeness (QED) is 0.225. The maximum atomic E-state index is 14.9. The Bertz CT molecular complexity index is 2030. The highest BCUT2D eigenvalue weighted by Crippen LogP contribution is 2.58. The standard InChI is InChI=1S/C42H56FN3O10S/c1-25-9-8-10-26(2)31(19-36(48)56-40(3,4)5)38(49)46-23-29(55-37-30-14-13-28(53-6)17-32(30)35(54-7)22-44-37)18-33(46)34(47)21-42(20-27(42)12-11-25)39(50)45-57(51,52)41(24-43)15-16-41/h11-14,17,22,25-27,29,31,33H,8-10,15-16,18-21,23-24H2,1-7H3,(H,45,50)/b12-11-/t25-,26-,27-,29-,31+,33+,42-/m1/s1. The number of fused-ring (bicyclic) bond motifs is 3. The van der Waals surface area contributed by atoms with Gasteiger partial charge in [-0.3, -0.25) is 23.9 Å². The Balaban J connectivity index is 1.36. The van der Waals surface area contributed by atoms with Crippen LogP contribution in [0.5, 0.6) is 17.4 Å². The number of nitrogens with one attached hydrogen (secondary N) is 1. The Kier molecular flexibility index (Phi) is 12.0. The van der Waals surface area contributed by atoms with E-state index in [0.29, 0.717) is 28.7 Å². The van der Waals surface area contributed by atoms with Crippen molar-refractivity contribution in [3.8, 4) is 17.4 Å². The van der Waals surface area contributed by atoms with Crippen molar-refractivity contribution in [2.45, 2.75) is 115 Å². The molecule has 1 saturated heterocycles. The number of nitrogens with zero attached hydrogens (tertiary/aromatic N) is 2. The maximum absolute atomic E-state index is 14.9. The number of ketones is 1. The smallest absolute Gasteiger partial charge is 0.307 e. The number of pyridine rings is 1. The molecule has 6 rings (SSSR count). The molecule has 2 amide bonds. The molecule has 2 aliphatic heterocycles. The van der Waals surface area contributed by atoms with Crippen molar-refractivity contribution in [2.24, 2.45) is 29.1 Å². The van der Waals surface area contributed by atoms with Crippen LogP contribution in [0.3, 0.4) is 0 Å². The normalized spacial score (nSPS) is 29.6. The number of hydrogen-bond acceptors (Lipinski definition) is 11. The fraction of sp³-hybridized carbons (Fsp3) is 0.643. The number of amides is 2. The van der Waals surface area contributed by atoms with Crippen molar-refractivity contribution in [2.75, 3.05) is 27.4 Å². The molecule has 2 saturated carbocycles. The second kappa shape index (κ2) is 16.2. The number of rotatable bonds is 10. The van der Waals surface area contributed by atoms with Gasteiger partial charge in [0.1, 0.15) is 34.6 Å². The number of carbonyl (C=O) groups excluding carboxylic acids is 4. The first kappa shape index (κ1) is 42.3. The van der Waals surface area contributed by atoms with E-state index >= 15 is 0 Å². The van der Waals surface area contributed by atoms with Crippen LogP contribution in [0.1, 0.15) is 92.4 Å². The zero-order valence-electron chi connectivity index (χ0n) is 34.0. The minimum absolute atomic E-state index is 0.00883. The first-order valence-electron chi connectivity index (χ1n) is 19.9. The van der Waals surface area contributed by atoms with Gasteiger partial charge >= 0.3 is 5.97 Å². The van der Waals surface area contributed by atoms with Gasteiger partial charge in [-0.1, -0.05) is 32.4 Å². The lowest BCUT2D eigenvalue weighted by Gasteiger charge is -2.32. The summed E-state index contributed by atoms with van der Waals surface area (Å²) < 4.78 is 64.0. The Morgan fingerprint density at radius 1 is 1.05 bits per heavy atom. The van der Waals surface area contributed by atoms with Crippen molar-refractivity contribution >= 4 is 44.4 Å². The van der Waals surface area contributed by atoms with Gasteiger partial charge < -0.3 is 23.8 Å². The second-order valence-electron chi connectivity index (χ2n) is 17.6. The molecule has 3 heterocycles. The molecule has 0 spiro atoms. The Morgan fingerprint density at radius 3 is 2.44 bits per heavy atom. The number of carbonyl (C=O) groups is 4. The second-order valence-corrected chi connectivity index (χ2v) is 19.6. The zero-order chi connectivity index (χ0) is 41.5. The summed E-state index contributed by atoms with van der Waals surface area (Å²) in [6.07, 6.45) is 6.78. The van der Waals surface area contributed by atoms with Crippen molar-refractivity contribution in [3.05, 3.63) is 36.5 Å². The minimum atomic E-state index is -4.35. The van der Waals surface area contributed by atoms with Crippen LogP contribution >= 0.6 is 0 Å². The average molecular weight is 814 g/mol. The molecule has 1 aromatic carbocycles. The van der Waals surface area contributed by atoms with Crippen LogP contribution in [0.25, 0.3) is 10.8 Å². The number of methoxy groups -OCH3 is 2. The third kappa shape index (κ3) is 8.92. The molecule has 312 valence electrons. The molecule has 7 atom stereocenters. The number of alkyl halides is 1. The summed E-state index contributed by atoms with van der Waals surface area (Å²) in [4.78, 5) is 62.9. The number of esters is 1. The van der Waals surface area contributed by atoms with E-state index in [-0.39, 0.29) is 62.8 Å². The molecule has 2 aliphatic carbocycles. The topological polar surface area (TPSA) is 167 Å². The summed E-state index contributed by atoms with van der Waals surface area (Å²) in [5, 5.41) is 1.30. The zero-order valence-corrected chi connectivity index (χ0v) is 34.8. The van der Waals surface area contributed by atoms with Gasteiger partial charge in [0.2, 0.25) is 27.7 Å².